The number of nitrogens with one attached hydrogen (secondary N) is 1. The van der Waals surface area contributed by atoms with Gasteiger partial charge in [0.15, 0.2) is 0 Å². The van der Waals surface area contributed by atoms with Crippen LogP contribution in [0.15, 0.2) is 48.5 Å². The first-order valence-electron chi connectivity index (χ1n) is 9.42. The van der Waals surface area contributed by atoms with Crippen LogP contribution >= 0.6 is 11.3 Å². The Morgan fingerprint density at radius 2 is 2.00 bits per heavy atom. The van der Waals surface area contributed by atoms with Crippen molar-refractivity contribution < 1.29 is 23.1 Å². The molecular formula is C21H18N2O5S2. The van der Waals surface area contributed by atoms with Crippen molar-refractivity contribution >= 4 is 38.6 Å². The molecule has 0 bridgehead atoms. The number of nitrogens with zero attached hydrogens (tertiary/aromatic N) is 1. The Hall–Kier alpha value is -3.04. The maximum atomic E-state index is 12.9. The highest BCUT2D eigenvalue weighted by Gasteiger charge is 2.29. The molecule has 30 heavy (non-hydrogen) atoms. The van der Waals surface area contributed by atoms with Gasteiger partial charge in [-0.2, -0.15) is 0 Å². The molecule has 1 saturated heterocycles. The van der Waals surface area contributed by atoms with Gasteiger partial charge in [0.25, 0.3) is 5.91 Å². The first kappa shape index (κ1) is 19.0. The van der Waals surface area contributed by atoms with Crippen molar-refractivity contribution in [1.82, 2.24) is 0 Å². The lowest BCUT2D eigenvalue weighted by molar-refractivity contribution is 0.103. The summed E-state index contributed by atoms with van der Waals surface area (Å²) in [4.78, 5) is 14.3. The predicted octanol–water partition coefficient (Wildman–Crippen LogP) is 3.81. The van der Waals surface area contributed by atoms with Gasteiger partial charge in [-0.1, -0.05) is 12.1 Å². The van der Waals surface area contributed by atoms with Crippen LogP contribution in [-0.2, 0) is 16.6 Å². The molecule has 0 atom stereocenters. The molecule has 0 spiro atoms. The SMILES string of the molecule is O=C(Nc1cc(N2CCCS2(=O)=O)ccc1O)c1cc2c(s1)-c1ccccc1OC2. The monoisotopic (exact) mass is 442 g/mol. The molecule has 2 aliphatic heterocycles. The van der Waals surface area contributed by atoms with Gasteiger partial charge in [0, 0.05) is 22.5 Å². The average molecular weight is 443 g/mol. The number of rotatable bonds is 3. The van der Waals surface area contributed by atoms with Gasteiger partial charge in [-0.25, -0.2) is 8.42 Å². The van der Waals surface area contributed by atoms with E-state index in [9.17, 15) is 18.3 Å². The van der Waals surface area contributed by atoms with Crippen molar-refractivity contribution in [1.29, 1.82) is 0 Å². The maximum Gasteiger partial charge on any atom is 0.265 e. The summed E-state index contributed by atoms with van der Waals surface area (Å²) < 4.78 is 31.4. The summed E-state index contributed by atoms with van der Waals surface area (Å²) >= 11 is 1.36. The zero-order valence-electron chi connectivity index (χ0n) is 15.8. The number of phenols is 1. The number of thiophene rings is 1. The predicted molar refractivity (Wildman–Crippen MR) is 116 cm³/mol. The third-order valence-electron chi connectivity index (χ3n) is 5.16. The Bertz CT molecular complexity index is 1270. The van der Waals surface area contributed by atoms with E-state index in [2.05, 4.69) is 5.32 Å². The molecule has 2 N–H and O–H groups in total. The van der Waals surface area contributed by atoms with Gasteiger partial charge >= 0.3 is 0 Å². The summed E-state index contributed by atoms with van der Waals surface area (Å²) in [7, 11) is -3.35. The fraction of sp³-hybridized carbons (Fsp3) is 0.190. The molecule has 7 nitrogen and oxygen atoms in total. The van der Waals surface area contributed by atoms with Gasteiger partial charge in [-0.15, -0.1) is 11.3 Å². The van der Waals surface area contributed by atoms with Crippen molar-refractivity contribution in [3.05, 3.63) is 59.0 Å². The van der Waals surface area contributed by atoms with E-state index in [0.717, 1.165) is 21.8 Å². The minimum Gasteiger partial charge on any atom is -0.506 e. The van der Waals surface area contributed by atoms with Crippen LogP contribution in [0.3, 0.4) is 0 Å². The lowest BCUT2D eigenvalue weighted by atomic mass is 10.1. The number of benzene rings is 2. The number of hydrogen-bond donors (Lipinski definition) is 2. The normalized spacial score (nSPS) is 16.5. The molecular weight excluding hydrogens is 424 g/mol. The summed E-state index contributed by atoms with van der Waals surface area (Å²) in [6.45, 7) is 0.779. The minimum absolute atomic E-state index is 0.0971. The zero-order chi connectivity index (χ0) is 20.9. The molecule has 3 heterocycles. The summed E-state index contributed by atoms with van der Waals surface area (Å²) in [5.41, 5.74) is 2.48. The van der Waals surface area contributed by atoms with Crippen molar-refractivity contribution in [2.24, 2.45) is 0 Å². The molecule has 1 fully saturated rings. The Morgan fingerprint density at radius 3 is 2.80 bits per heavy atom. The second kappa shape index (κ2) is 7.03. The molecule has 2 aliphatic rings. The first-order chi connectivity index (χ1) is 14.4. The standard InChI is InChI=1S/C21H18N2O5S2/c24-17-7-6-14(23-8-3-9-30(23,26)27)11-16(17)22-21(25)19-10-13-12-28-18-5-2-1-4-15(18)20(13)29-19/h1-2,4-7,10-11,24H,3,8-9,12H2,(H,22,25). The van der Waals surface area contributed by atoms with Crippen molar-refractivity contribution in [2.75, 3.05) is 21.9 Å². The van der Waals surface area contributed by atoms with Crippen LogP contribution in [0, 0.1) is 0 Å². The third-order valence-corrected chi connectivity index (χ3v) is 8.24. The number of aromatic hydroxyl groups is 1. The highest BCUT2D eigenvalue weighted by atomic mass is 32.2. The number of anilines is 2. The molecule has 3 aromatic rings. The quantitative estimate of drug-likeness (QED) is 0.602. The smallest absolute Gasteiger partial charge is 0.265 e. The van der Waals surface area contributed by atoms with E-state index in [-0.39, 0.29) is 23.1 Å². The van der Waals surface area contributed by atoms with Crippen LogP contribution < -0.4 is 14.4 Å². The number of sulfonamides is 1. The second-order valence-electron chi connectivity index (χ2n) is 7.15. The van der Waals surface area contributed by atoms with Crippen LogP contribution in [-0.4, -0.2) is 31.7 Å². The first-order valence-corrected chi connectivity index (χ1v) is 11.8. The summed E-state index contributed by atoms with van der Waals surface area (Å²) in [5.74, 6) is 0.387. The molecule has 5 rings (SSSR count). The van der Waals surface area contributed by atoms with Crippen LogP contribution in [0.25, 0.3) is 10.4 Å². The largest absolute Gasteiger partial charge is 0.506 e. The Kier molecular flexibility index (Phi) is 4.44. The number of carbonyl (C=O) groups excluding carboxylic acids is 1. The molecule has 0 radical (unpaired) electrons. The van der Waals surface area contributed by atoms with Crippen molar-refractivity contribution in [3.63, 3.8) is 0 Å². The highest BCUT2D eigenvalue weighted by Crippen LogP contribution is 2.42. The number of para-hydroxylation sites is 1. The van der Waals surface area contributed by atoms with Crippen LogP contribution in [0.5, 0.6) is 11.5 Å². The number of hydrogen-bond acceptors (Lipinski definition) is 6. The average Bonchev–Trinajstić information content (AvgIpc) is 3.32. The highest BCUT2D eigenvalue weighted by molar-refractivity contribution is 7.93. The van der Waals surface area contributed by atoms with Gasteiger partial charge in [-0.05, 0) is 42.8 Å². The van der Waals surface area contributed by atoms with E-state index in [0.29, 0.717) is 30.1 Å². The van der Waals surface area contributed by atoms with Gasteiger partial charge in [0.2, 0.25) is 10.0 Å². The van der Waals surface area contributed by atoms with Crippen molar-refractivity contribution in [2.45, 2.75) is 13.0 Å². The number of ether oxygens (including phenoxy) is 1. The van der Waals surface area contributed by atoms with E-state index in [4.69, 9.17) is 4.74 Å². The van der Waals surface area contributed by atoms with Gasteiger partial charge < -0.3 is 15.2 Å². The fourth-order valence-electron chi connectivity index (χ4n) is 3.70. The Labute approximate surface area is 177 Å². The molecule has 1 aromatic heterocycles. The Balaban J connectivity index is 1.43. The van der Waals surface area contributed by atoms with Crippen molar-refractivity contribution in [3.8, 4) is 21.9 Å². The molecule has 0 aliphatic carbocycles. The number of amides is 1. The van der Waals surface area contributed by atoms with Gasteiger partial charge in [0.1, 0.15) is 18.1 Å². The number of fused-ring (bicyclic) bond motifs is 3. The number of phenolic OH excluding ortho intramolecular Hbond substituents is 1. The molecule has 2 aromatic carbocycles. The van der Waals surface area contributed by atoms with Crippen LogP contribution in [0.4, 0.5) is 11.4 Å². The lowest BCUT2D eigenvalue weighted by Crippen LogP contribution is -2.25. The molecule has 9 heteroatoms. The fourth-order valence-corrected chi connectivity index (χ4v) is 6.35. The zero-order valence-corrected chi connectivity index (χ0v) is 17.4. The van der Waals surface area contributed by atoms with E-state index < -0.39 is 10.0 Å². The van der Waals surface area contributed by atoms with E-state index in [1.165, 1.54) is 33.8 Å². The van der Waals surface area contributed by atoms with Gasteiger partial charge in [0.05, 0.1) is 22.0 Å². The lowest BCUT2D eigenvalue weighted by Gasteiger charge is -2.18. The topological polar surface area (TPSA) is 95.9 Å². The minimum atomic E-state index is -3.35. The molecule has 154 valence electrons. The summed E-state index contributed by atoms with van der Waals surface area (Å²) in [6.07, 6.45) is 0.551. The second-order valence-corrected chi connectivity index (χ2v) is 10.2. The van der Waals surface area contributed by atoms with E-state index in [1.54, 1.807) is 6.07 Å². The Morgan fingerprint density at radius 1 is 1.17 bits per heavy atom. The molecule has 0 saturated carbocycles. The maximum absolute atomic E-state index is 12.9. The molecule has 0 unspecified atom stereocenters. The molecule has 1 amide bonds. The summed E-state index contributed by atoms with van der Waals surface area (Å²) in [6, 6.07) is 13.9. The van der Waals surface area contributed by atoms with Gasteiger partial charge in [-0.3, -0.25) is 9.10 Å². The number of carbonyl (C=O) groups is 1. The third kappa shape index (κ3) is 3.20. The van der Waals surface area contributed by atoms with Crippen LogP contribution in [0.1, 0.15) is 21.7 Å². The summed E-state index contributed by atoms with van der Waals surface area (Å²) in [5, 5.41) is 12.9. The van der Waals surface area contributed by atoms with E-state index in [1.807, 2.05) is 24.3 Å². The van der Waals surface area contributed by atoms with Crippen LogP contribution in [0.2, 0.25) is 0 Å². The van der Waals surface area contributed by atoms with E-state index >= 15 is 0 Å².